The minimum Gasteiger partial charge on any atom is -0.385 e. The third-order valence-corrected chi connectivity index (χ3v) is 3.11. The molecule has 1 aliphatic rings. The molecule has 0 amide bonds. The lowest BCUT2D eigenvalue weighted by Crippen LogP contribution is -2.34. The molecular formula is C10H9ClF3NO. The lowest BCUT2D eigenvalue weighted by molar-refractivity contribution is -0.141. The standard InChI is InChI=1S/C10H9ClF3NO/c11-8-6(9(16)4-1-5-9)2-3-7(15-8)10(12,13)14/h2-3,16H,1,4-5H2. The molecule has 1 aromatic heterocycles. The van der Waals surface area contributed by atoms with E-state index in [1.807, 2.05) is 0 Å². The van der Waals surface area contributed by atoms with Crippen molar-refractivity contribution in [1.82, 2.24) is 4.98 Å². The van der Waals surface area contributed by atoms with E-state index in [0.717, 1.165) is 12.5 Å². The molecule has 0 aromatic carbocycles. The zero-order chi connectivity index (χ0) is 12.0. The summed E-state index contributed by atoms with van der Waals surface area (Å²) < 4.78 is 36.9. The summed E-state index contributed by atoms with van der Waals surface area (Å²) in [5.74, 6) is 0. The van der Waals surface area contributed by atoms with Crippen LogP contribution in [0.2, 0.25) is 5.15 Å². The van der Waals surface area contributed by atoms with Crippen molar-refractivity contribution < 1.29 is 18.3 Å². The molecule has 6 heteroatoms. The lowest BCUT2D eigenvalue weighted by Gasteiger charge is -2.37. The molecule has 1 saturated carbocycles. The number of pyridine rings is 1. The van der Waals surface area contributed by atoms with Crippen molar-refractivity contribution in [2.75, 3.05) is 0 Å². The zero-order valence-corrected chi connectivity index (χ0v) is 8.94. The van der Waals surface area contributed by atoms with Crippen LogP contribution in [0.15, 0.2) is 12.1 Å². The van der Waals surface area contributed by atoms with Crippen molar-refractivity contribution >= 4 is 11.6 Å². The van der Waals surface area contributed by atoms with Crippen LogP contribution in [0.1, 0.15) is 30.5 Å². The minimum absolute atomic E-state index is 0.267. The van der Waals surface area contributed by atoms with Gasteiger partial charge in [-0.3, -0.25) is 0 Å². The van der Waals surface area contributed by atoms with E-state index in [1.165, 1.54) is 6.07 Å². The number of nitrogens with zero attached hydrogens (tertiary/aromatic N) is 1. The Labute approximate surface area is 95.1 Å². The van der Waals surface area contributed by atoms with Gasteiger partial charge in [-0.05, 0) is 25.3 Å². The SMILES string of the molecule is OC1(c2ccc(C(F)(F)F)nc2Cl)CCC1. The van der Waals surface area contributed by atoms with Crippen LogP contribution in [0, 0.1) is 0 Å². The molecular weight excluding hydrogens is 243 g/mol. The number of rotatable bonds is 1. The van der Waals surface area contributed by atoms with Crippen LogP contribution in [0.5, 0.6) is 0 Å². The van der Waals surface area contributed by atoms with Crippen LogP contribution in [-0.4, -0.2) is 10.1 Å². The fourth-order valence-electron chi connectivity index (χ4n) is 1.72. The summed E-state index contributed by atoms with van der Waals surface area (Å²) in [6.45, 7) is 0. The van der Waals surface area contributed by atoms with Crippen LogP contribution < -0.4 is 0 Å². The molecule has 1 fully saturated rings. The van der Waals surface area contributed by atoms with E-state index < -0.39 is 17.5 Å². The van der Waals surface area contributed by atoms with Gasteiger partial charge >= 0.3 is 6.18 Å². The maximum absolute atomic E-state index is 12.3. The van der Waals surface area contributed by atoms with Crippen molar-refractivity contribution in [3.63, 3.8) is 0 Å². The number of alkyl halides is 3. The molecule has 1 N–H and O–H groups in total. The molecule has 0 radical (unpaired) electrons. The van der Waals surface area contributed by atoms with E-state index in [9.17, 15) is 18.3 Å². The van der Waals surface area contributed by atoms with Crippen molar-refractivity contribution in [1.29, 1.82) is 0 Å². The number of hydrogen-bond donors (Lipinski definition) is 1. The van der Waals surface area contributed by atoms with Crippen molar-refractivity contribution in [3.8, 4) is 0 Å². The third kappa shape index (κ3) is 1.89. The second-order valence-corrected chi connectivity index (χ2v) is 4.28. The summed E-state index contributed by atoms with van der Waals surface area (Å²) >= 11 is 5.66. The molecule has 1 aliphatic carbocycles. The van der Waals surface area contributed by atoms with Gasteiger partial charge in [-0.25, -0.2) is 4.98 Å². The van der Waals surface area contributed by atoms with Gasteiger partial charge in [0.05, 0.1) is 5.60 Å². The van der Waals surface area contributed by atoms with Crippen LogP contribution >= 0.6 is 11.6 Å². The van der Waals surface area contributed by atoms with Gasteiger partial charge in [0.1, 0.15) is 10.8 Å². The number of aromatic nitrogens is 1. The number of hydrogen-bond acceptors (Lipinski definition) is 2. The molecule has 1 aromatic rings. The number of aliphatic hydroxyl groups is 1. The highest BCUT2D eigenvalue weighted by Gasteiger charge is 2.40. The highest BCUT2D eigenvalue weighted by Crippen LogP contribution is 2.44. The lowest BCUT2D eigenvalue weighted by atomic mass is 9.76. The van der Waals surface area contributed by atoms with E-state index in [4.69, 9.17) is 11.6 Å². The molecule has 88 valence electrons. The fraction of sp³-hybridized carbons (Fsp3) is 0.500. The Balaban J connectivity index is 2.37. The van der Waals surface area contributed by atoms with Gasteiger partial charge in [-0.1, -0.05) is 17.7 Å². The summed E-state index contributed by atoms with van der Waals surface area (Å²) in [5, 5.41) is 9.68. The van der Waals surface area contributed by atoms with E-state index in [-0.39, 0.29) is 10.7 Å². The first-order chi connectivity index (χ1) is 7.33. The predicted octanol–water partition coefficient (Wildman–Crippen LogP) is 3.13. The highest BCUT2D eigenvalue weighted by molar-refractivity contribution is 6.30. The van der Waals surface area contributed by atoms with Crippen LogP contribution in [0.3, 0.4) is 0 Å². The van der Waals surface area contributed by atoms with Crippen LogP contribution in [0.25, 0.3) is 0 Å². The molecule has 1 heterocycles. The first-order valence-electron chi connectivity index (χ1n) is 4.79. The van der Waals surface area contributed by atoms with Gasteiger partial charge in [0.2, 0.25) is 0 Å². The third-order valence-electron chi connectivity index (χ3n) is 2.82. The zero-order valence-electron chi connectivity index (χ0n) is 8.18. The second kappa shape index (κ2) is 3.60. The Hall–Kier alpha value is -0.810. The summed E-state index contributed by atoms with van der Waals surface area (Å²) in [5.41, 5.74) is -1.84. The molecule has 0 atom stereocenters. The first kappa shape index (κ1) is 11.7. The Morgan fingerprint density at radius 1 is 1.31 bits per heavy atom. The predicted molar refractivity (Wildman–Crippen MR) is 52.0 cm³/mol. The maximum Gasteiger partial charge on any atom is 0.433 e. The van der Waals surface area contributed by atoms with E-state index in [2.05, 4.69) is 4.98 Å². The molecule has 0 spiro atoms. The van der Waals surface area contributed by atoms with Gasteiger partial charge < -0.3 is 5.11 Å². The summed E-state index contributed by atoms with van der Waals surface area (Å²) in [6.07, 6.45) is -2.64. The molecule has 2 rings (SSSR count). The Kier molecular flexibility index (Phi) is 2.62. The first-order valence-corrected chi connectivity index (χ1v) is 5.17. The fourth-order valence-corrected chi connectivity index (χ4v) is 2.05. The summed E-state index contributed by atoms with van der Waals surface area (Å²) in [4.78, 5) is 3.27. The topological polar surface area (TPSA) is 33.1 Å². The van der Waals surface area contributed by atoms with Gasteiger partial charge in [0.25, 0.3) is 0 Å². The Bertz CT molecular complexity index is 415. The monoisotopic (exact) mass is 251 g/mol. The van der Waals surface area contributed by atoms with Gasteiger partial charge in [-0.15, -0.1) is 0 Å². The molecule has 0 unspecified atom stereocenters. The van der Waals surface area contributed by atoms with E-state index in [1.54, 1.807) is 0 Å². The molecule has 0 bridgehead atoms. The summed E-state index contributed by atoms with van der Waals surface area (Å²) in [7, 11) is 0. The maximum atomic E-state index is 12.3. The minimum atomic E-state index is -4.51. The molecule has 2 nitrogen and oxygen atoms in total. The van der Waals surface area contributed by atoms with Crippen LogP contribution in [-0.2, 0) is 11.8 Å². The smallest absolute Gasteiger partial charge is 0.385 e. The largest absolute Gasteiger partial charge is 0.433 e. The normalized spacial score (nSPS) is 19.3. The molecule has 16 heavy (non-hydrogen) atoms. The van der Waals surface area contributed by atoms with Gasteiger partial charge in [0, 0.05) is 5.56 Å². The van der Waals surface area contributed by atoms with Gasteiger partial charge in [-0.2, -0.15) is 13.2 Å². The molecule has 0 saturated heterocycles. The molecule has 0 aliphatic heterocycles. The van der Waals surface area contributed by atoms with Crippen molar-refractivity contribution in [2.45, 2.75) is 31.0 Å². The van der Waals surface area contributed by atoms with E-state index in [0.29, 0.717) is 12.8 Å². The highest BCUT2D eigenvalue weighted by atomic mass is 35.5. The number of halogens is 4. The van der Waals surface area contributed by atoms with E-state index >= 15 is 0 Å². The van der Waals surface area contributed by atoms with Crippen molar-refractivity contribution in [2.24, 2.45) is 0 Å². The Morgan fingerprint density at radius 3 is 2.31 bits per heavy atom. The quantitative estimate of drug-likeness (QED) is 0.778. The van der Waals surface area contributed by atoms with Gasteiger partial charge in [0.15, 0.2) is 0 Å². The summed E-state index contributed by atoms with van der Waals surface area (Å²) in [6, 6.07) is 2.05. The van der Waals surface area contributed by atoms with Crippen molar-refractivity contribution in [3.05, 3.63) is 28.5 Å². The average Bonchev–Trinajstić information content (AvgIpc) is 2.12. The van der Waals surface area contributed by atoms with Crippen LogP contribution in [0.4, 0.5) is 13.2 Å². The average molecular weight is 252 g/mol. The second-order valence-electron chi connectivity index (χ2n) is 3.92. The Morgan fingerprint density at radius 2 is 1.94 bits per heavy atom.